The number of hydrogen-bond acceptors (Lipinski definition) is 2. The van der Waals surface area contributed by atoms with Gasteiger partial charge in [0.15, 0.2) is 0 Å². The van der Waals surface area contributed by atoms with Gasteiger partial charge in [-0.3, -0.25) is 4.79 Å². The fraction of sp³-hybridized carbons (Fsp3) is 0.381. The van der Waals surface area contributed by atoms with Gasteiger partial charge < -0.3 is 15.1 Å². The summed E-state index contributed by atoms with van der Waals surface area (Å²) in [5.41, 5.74) is 3.23. The number of carbonyl (C=O) groups excluding carboxylic acids is 1. The topological polar surface area (TPSA) is 36.8 Å². The summed E-state index contributed by atoms with van der Waals surface area (Å²) in [5, 5.41) is 3.14. The summed E-state index contributed by atoms with van der Waals surface area (Å²) in [6.45, 7) is 3.03. The van der Waals surface area contributed by atoms with Gasteiger partial charge in [-0.05, 0) is 24.3 Å². The average molecular weight is 338 g/mol. The van der Waals surface area contributed by atoms with Gasteiger partial charge in [-0.2, -0.15) is 0 Å². The third-order valence-corrected chi connectivity index (χ3v) is 5.05. The lowest BCUT2D eigenvalue weighted by Gasteiger charge is -2.26. The molecule has 0 aliphatic carbocycles. The van der Waals surface area contributed by atoms with Crippen LogP contribution in [-0.2, 0) is 0 Å². The third kappa shape index (κ3) is 4.40. The maximum absolute atomic E-state index is 12.4. The van der Waals surface area contributed by atoms with Gasteiger partial charge in [-0.15, -0.1) is 0 Å². The van der Waals surface area contributed by atoms with E-state index in [1.807, 2.05) is 30.3 Å². The van der Waals surface area contributed by atoms with E-state index >= 15 is 0 Å². The number of nitrogens with zero attached hydrogens (tertiary/aromatic N) is 1. The van der Waals surface area contributed by atoms with Crippen molar-refractivity contribution in [2.75, 3.05) is 38.6 Å². The summed E-state index contributed by atoms with van der Waals surface area (Å²) in [7, 11) is 4.11. The number of hydrogen-bond donors (Lipinski definition) is 2. The molecular formula is C21H28N3O+. The molecule has 0 bridgehead atoms. The first-order chi connectivity index (χ1) is 12.1. The summed E-state index contributed by atoms with van der Waals surface area (Å²) in [6.07, 6.45) is 2.54. The molecule has 4 nitrogen and oxygen atoms in total. The Morgan fingerprint density at radius 1 is 1.04 bits per heavy atom. The minimum absolute atomic E-state index is 0.00843. The summed E-state index contributed by atoms with van der Waals surface area (Å²) in [6, 6.07) is 18.5. The molecule has 4 heteroatoms. The van der Waals surface area contributed by atoms with Crippen molar-refractivity contribution in [3.05, 3.63) is 65.7 Å². The maximum atomic E-state index is 12.4. The molecule has 25 heavy (non-hydrogen) atoms. The van der Waals surface area contributed by atoms with E-state index in [9.17, 15) is 4.79 Å². The maximum Gasteiger partial charge on any atom is 0.251 e. The second-order valence-electron chi connectivity index (χ2n) is 6.98. The Balaban J connectivity index is 1.72. The third-order valence-electron chi connectivity index (χ3n) is 5.05. The molecule has 1 saturated heterocycles. The van der Waals surface area contributed by atoms with Crippen molar-refractivity contribution in [1.82, 2.24) is 5.32 Å². The molecule has 1 amide bonds. The van der Waals surface area contributed by atoms with Crippen LogP contribution in [0.5, 0.6) is 0 Å². The van der Waals surface area contributed by atoms with Crippen molar-refractivity contribution >= 4 is 11.6 Å². The lowest BCUT2D eigenvalue weighted by Crippen LogP contribution is -3.11. The Morgan fingerprint density at radius 2 is 1.68 bits per heavy atom. The Bertz CT molecular complexity index is 676. The average Bonchev–Trinajstić information content (AvgIpc) is 3.17. The molecule has 0 spiro atoms. The smallest absolute Gasteiger partial charge is 0.251 e. The van der Waals surface area contributed by atoms with Gasteiger partial charge in [0.05, 0.1) is 19.6 Å². The van der Waals surface area contributed by atoms with Crippen molar-refractivity contribution < 1.29 is 9.69 Å². The lowest BCUT2D eigenvalue weighted by atomic mass is 10.0. The van der Waals surface area contributed by atoms with Crippen molar-refractivity contribution in [2.45, 2.75) is 18.9 Å². The van der Waals surface area contributed by atoms with Gasteiger partial charge in [0.1, 0.15) is 6.04 Å². The van der Waals surface area contributed by atoms with Crippen LogP contribution in [0.2, 0.25) is 0 Å². The summed E-state index contributed by atoms with van der Waals surface area (Å²) in [5.74, 6) is 0.00843. The Morgan fingerprint density at radius 3 is 2.28 bits per heavy atom. The minimum atomic E-state index is 0.00843. The first kappa shape index (κ1) is 17.5. The molecule has 1 heterocycles. The number of quaternary nitrogens is 1. The zero-order chi connectivity index (χ0) is 17.6. The number of amides is 1. The normalized spacial score (nSPS) is 15.8. The monoisotopic (exact) mass is 338 g/mol. The predicted octanol–water partition coefficient (Wildman–Crippen LogP) is 1.90. The number of likely N-dealkylation sites (tertiary alicyclic amines) is 1. The molecule has 1 aliphatic rings. The van der Waals surface area contributed by atoms with Crippen LogP contribution in [0.3, 0.4) is 0 Å². The number of nitrogens with one attached hydrogen (secondary N) is 2. The van der Waals surface area contributed by atoms with Crippen molar-refractivity contribution in [1.29, 1.82) is 0 Å². The largest absolute Gasteiger partial charge is 0.378 e. The molecule has 2 N–H and O–H groups in total. The fourth-order valence-electron chi connectivity index (χ4n) is 3.57. The van der Waals surface area contributed by atoms with E-state index in [1.165, 1.54) is 37.2 Å². The zero-order valence-electron chi connectivity index (χ0n) is 15.2. The molecular weight excluding hydrogens is 310 g/mol. The number of anilines is 1. The second-order valence-corrected chi connectivity index (χ2v) is 6.98. The Kier molecular flexibility index (Phi) is 5.71. The van der Waals surface area contributed by atoms with Crippen molar-refractivity contribution in [3.63, 3.8) is 0 Å². The molecule has 0 aromatic heterocycles. The fourth-order valence-corrected chi connectivity index (χ4v) is 3.57. The highest BCUT2D eigenvalue weighted by Crippen LogP contribution is 2.17. The van der Waals surface area contributed by atoms with E-state index in [0.717, 1.165) is 5.56 Å². The van der Waals surface area contributed by atoms with Gasteiger partial charge in [0, 0.05) is 43.8 Å². The molecule has 0 saturated carbocycles. The number of rotatable bonds is 6. The Labute approximate surface area is 150 Å². The van der Waals surface area contributed by atoms with E-state index < -0.39 is 0 Å². The number of carbonyl (C=O) groups is 1. The molecule has 0 unspecified atom stereocenters. The lowest BCUT2D eigenvalue weighted by molar-refractivity contribution is -0.918. The van der Waals surface area contributed by atoms with Crippen LogP contribution >= 0.6 is 0 Å². The van der Waals surface area contributed by atoms with Crippen LogP contribution in [0.25, 0.3) is 0 Å². The first-order valence-electron chi connectivity index (χ1n) is 9.10. The zero-order valence-corrected chi connectivity index (χ0v) is 15.2. The molecule has 3 rings (SSSR count). The van der Waals surface area contributed by atoms with Crippen LogP contribution in [-0.4, -0.2) is 39.6 Å². The minimum Gasteiger partial charge on any atom is -0.378 e. The first-order valence-corrected chi connectivity index (χ1v) is 9.10. The van der Waals surface area contributed by atoms with E-state index in [1.54, 1.807) is 4.90 Å². The van der Waals surface area contributed by atoms with Gasteiger partial charge in [0.25, 0.3) is 5.91 Å². The van der Waals surface area contributed by atoms with Crippen LogP contribution in [0.1, 0.15) is 34.8 Å². The molecule has 1 atom stereocenters. The standard InChI is InChI=1S/C21H27N3O/c1-23(2)19-12-10-17(11-13-19)20(24-14-6-7-15-24)16-22-21(25)18-8-4-3-5-9-18/h3-5,8-13,20H,6-7,14-16H2,1-2H3,(H,22,25)/p+1/t20-/m1/s1. The van der Waals surface area contributed by atoms with Crippen molar-refractivity contribution in [3.8, 4) is 0 Å². The molecule has 2 aromatic rings. The van der Waals surface area contributed by atoms with Gasteiger partial charge in [-0.25, -0.2) is 0 Å². The van der Waals surface area contributed by atoms with Crippen LogP contribution in [0.15, 0.2) is 54.6 Å². The summed E-state index contributed by atoms with van der Waals surface area (Å²) < 4.78 is 0. The van der Waals surface area contributed by atoms with Gasteiger partial charge in [-0.1, -0.05) is 30.3 Å². The predicted molar refractivity (Wildman–Crippen MR) is 102 cm³/mol. The quantitative estimate of drug-likeness (QED) is 0.844. The van der Waals surface area contributed by atoms with Gasteiger partial charge >= 0.3 is 0 Å². The van der Waals surface area contributed by atoms with Crippen LogP contribution in [0, 0.1) is 0 Å². The highest BCUT2D eigenvalue weighted by atomic mass is 16.1. The highest BCUT2D eigenvalue weighted by Gasteiger charge is 2.27. The molecule has 0 radical (unpaired) electrons. The highest BCUT2D eigenvalue weighted by molar-refractivity contribution is 5.94. The summed E-state index contributed by atoms with van der Waals surface area (Å²) in [4.78, 5) is 16.1. The molecule has 1 fully saturated rings. The van der Waals surface area contributed by atoms with E-state index in [4.69, 9.17) is 0 Å². The van der Waals surface area contributed by atoms with Gasteiger partial charge in [0.2, 0.25) is 0 Å². The summed E-state index contributed by atoms with van der Waals surface area (Å²) >= 11 is 0. The number of benzene rings is 2. The Hall–Kier alpha value is -2.33. The molecule has 2 aromatic carbocycles. The van der Waals surface area contributed by atoms with E-state index in [-0.39, 0.29) is 5.91 Å². The molecule has 132 valence electrons. The van der Waals surface area contributed by atoms with Crippen molar-refractivity contribution in [2.24, 2.45) is 0 Å². The second kappa shape index (κ2) is 8.17. The molecule has 1 aliphatic heterocycles. The SMILES string of the molecule is CN(C)c1ccc([C@@H](CNC(=O)c2ccccc2)[NH+]2CCCC2)cc1. The van der Waals surface area contributed by atoms with E-state index in [0.29, 0.717) is 12.6 Å². The van der Waals surface area contributed by atoms with E-state index in [2.05, 4.69) is 48.6 Å². The van der Waals surface area contributed by atoms with Crippen LogP contribution < -0.4 is 15.1 Å². The van der Waals surface area contributed by atoms with Crippen LogP contribution in [0.4, 0.5) is 5.69 Å².